The third-order valence-electron chi connectivity index (χ3n) is 4.16. The largest absolute Gasteiger partial charge is 0.381 e. The third-order valence-corrected chi connectivity index (χ3v) is 4.16. The van der Waals surface area contributed by atoms with Crippen LogP contribution in [0.25, 0.3) is 0 Å². The number of ether oxygens (including phenoxy) is 1. The Hall–Kier alpha value is -1.42. The van der Waals surface area contributed by atoms with Crippen LogP contribution in [0.2, 0.25) is 0 Å². The fourth-order valence-electron chi connectivity index (χ4n) is 2.66. The first-order valence-electron chi connectivity index (χ1n) is 7.46. The van der Waals surface area contributed by atoms with Crippen LogP contribution < -0.4 is 5.32 Å². The average Bonchev–Trinajstić information content (AvgIpc) is 2.45. The molecule has 0 spiro atoms. The molecule has 0 saturated carbocycles. The van der Waals surface area contributed by atoms with E-state index in [1.54, 1.807) is 12.1 Å². The lowest BCUT2D eigenvalue weighted by atomic mass is 9.74. The summed E-state index contributed by atoms with van der Waals surface area (Å²) in [6.45, 7) is 7.48. The molecular weight excluding hydrogens is 269 g/mol. The van der Waals surface area contributed by atoms with Crippen molar-refractivity contribution in [3.05, 3.63) is 35.6 Å². The summed E-state index contributed by atoms with van der Waals surface area (Å²) in [6, 6.07) is 6.70. The number of carbonyl (C=O) groups is 1. The van der Waals surface area contributed by atoms with Crippen molar-refractivity contribution in [2.45, 2.75) is 39.0 Å². The van der Waals surface area contributed by atoms with Gasteiger partial charge in [0.15, 0.2) is 0 Å². The van der Waals surface area contributed by atoms with Crippen molar-refractivity contribution in [3.8, 4) is 0 Å². The van der Waals surface area contributed by atoms with Crippen LogP contribution in [0, 0.1) is 11.2 Å². The van der Waals surface area contributed by atoms with Gasteiger partial charge in [0, 0.05) is 30.6 Å². The molecule has 1 saturated heterocycles. The van der Waals surface area contributed by atoms with Crippen LogP contribution in [-0.2, 0) is 14.9 Å². The molecule has 1 aliphatic heterocycles. The van der Waals surface area contributed by atoms with Gasteiger partial charge in [-0.15, -0.1) is 0 Å². The summed E-state index contributed by atoms with van der Waals surface area (Å²) in [5, 5.41) is 3.03. The zero-order chi connectivity index (χ0) is 15.5. The Morgan fingerprint density at radius 2 is 2.00 bits per heavy atom. The lowest BCUT2D eigenvalue weighted by Crippen LogP contribution is -2.47. The highest BCUT2D eigenvalue weighted by molar-refractivity contribution is 5.81. The summed E-state index contributed by atoms with van der Waals surface area (Å²) in [5.74, 6) is -0.217. The molecule has 0 radical (unpaired) electrons. The van der Waals surface area contributed by atoms with Crippen molar-refractivity contribution in [2.75, 3.05) is 19.8 Å². The summed E-state index contributed by atoms with van der Waals surface area (Å²) in [4.78, 5) is 12.1. The van der Waals surface area contributed by atoms with Gasteiger partial charge < -0.3 is 10.1 Å². The van der Waals surface area contributed by atoms with Gasteiger partial charge in [0.25, 0.3) is 0 Å². The first-order valence-corrected chi connectivity index (χ1v) is 7.46. The third kappa shape index (κ3) is 3.82. The van der Waals surface area contributed by atoms with Gasteiger partial charge in [0.05, 0.1) is 0 Å². The lowest BCUT2D eigenvalue weighted by molar-refractivity contribution is -0.129. The van der Waals surface area contributed by atoms with Gasteiger partial charge in [0.1, 0.15) is 5.82 Å². The standard InChI is InChI=1S/C17H24FNO2/c1-16(2,3)15(20)19-12-17(7-9-21-10-8-17)13-5-4-6-14(18)11-13/h4-6,11H,7-10,12H2,1-3H3,(H,19,20). The monoisotopic (exact) mass is 293 g/mol. The maximum absolute atomic E-state index is 13.6. The molecule has 21 heavy (non-hydrogen) atoms. The van der Waals surface area contributed by atoms with Crippen LogP contribution in [0.5, 0.6) is 0 Å². The highest BCUT2D eigenvalue weighted by Gasteiger charge is 2.36. The van der Waals surface area contributed by atoms with E-state index in [1.807, 2.05) is 26.8 Å². The molecule has 0 aromatic heterocycles. The molecule has 116 valence electrons. The van der Waals surface area contributed by atoms with Gasteiger partial charge in [-0.25, -0.2) is 4.39 Å². The van der Waals surface area contributed by atoms with E-state index in [-0.39, 0.29) is 17.1 Å². The summed E-state index contributed by atoms with van der Waals surface area (Å²) in [5.41, 5.74) is 0.287. The van der Waals surface area contributed by atoms with Crippen molar-refractivity contribution in [2.24, 2.45) is 5.41 Å². The van der Waals surface area contributed by atoms with E-state index in [0.717, 1.165) is 18.4 Å². The first-order chi connectivity index (χ1) is 9.83. The Labute approximate surface area is 125 Å². The van der Waals surface area contributed by atoms with E-state index in [0.29, 0.717) is 19.8 Å². The Kier molecular flexibility index (Phi) is 4.67. The van der Waals surface area contributed by atoms with Gasteiger partial charge >= 0.3 is 0 Å². The quantitative estimate of drug-likeness (QED) is 0.930. The van der Waals surface area contributed by atoms with Crippen molar-refractivity contribution in [3.63, 3.8) is 0 Å². The Morgan fingerprint density at radius 1 is 1.33 bits per heavy atom. The van der Waals surface area contributed by atoms with Gasteiger partial charge in [-0.3, -0.25) is 4.79 Å². The molecule has 1 aromatic rings. The number of rotatable bonds is 3. The summed E-state index contributed by atoms with van der Waals surface area (Å²) in [7, 11) is 0. The zero-order valence-electron chi connectivity index (χ0n) is 13.0. The minimum atomic E-state index is -0.422. The van der Waals surface area contributed by atoms with E-state index < -0.39 is 5.41 Å². The number of halogens is 1. The van der Waals surface area contributed by atoms with Crippen LogP contribution in [0.4, 0.5) is 4.39 Å². The minimum absolute atomic E-state index is 0.0183. The number of carbonyl (C=O) groups excluding carboxylic acids is 1. The van der Waals surface area contributed by atoms with E-state index in [9.17, 15) is 9.18 Å². The molecule has 0 unspecified atom stereocenters. The predicted molar refractivity (Wildman–Crippen MR) is 80.6 cm³/mol. The summed E-state index contributed by atoms with van der Waals surface area (Å²) in [6.07, 6.45) is 1.59. The highest BCUT2D eigenvalue weighted by atomic mass is 19.1. The van der Waals surface area contributed by atoms with Gasteiger partial charge in [-0.05, 0) is 30.5 Å². The number of hydrogen-bond acceptors (Lipinski definition) is 2. The normalized spacial score (nSPS) is 18.3. The smallest absolute Gasteiger partial charge is 0.225 e. The fourth-order valence-corrected chi connectivity index (χ4v) is 2.66. The zero-order valence-corrected chi connectivity index (χ0v) is 13.0. The van der Waals surface area contributed by atoms with Gasteiger partial charge in [-0.2, -0.15) is 0 Å². The second-order valence-corrected chi connectivity index (χ2v) is 6.84. The number of benzene rings is 1. The Morgan fingerprint density at radius 3 is 2.57 bits per heavy atom. The van der Waals surface area contributed by atoms with Crippen LogP contribution in [0.3, 0.4) is 0 Å². The van der Waals surface area contributed by atoms with Crippen LogP contribution in [0.1, 0.15) is 39.2 Å². The van der Waals surface area contributed by atoms with E-state index >= 15 is 0 Å². The maximum atomic E-state index is 13.6. The van der Waals surface area contributed by atoms with E-state index in [4.69, 9.17) is 4.74 Å². The second kappa shape index (κ2) is 6.14. The molecule has 1 aromatic carbocycles. The Bertz CT molecular complexity index is 502. The van der Waals surface area contributed by atoms with E-state index in [2.05, 4.69) is 5.32 Å². The van der Waals surface area contributed by atoms with Gasteiger partial charge in [-0.1, -0.05) is 32.9 Å². The van der Waals surface area contributed by atoms with E-state index in [1.165, 1.54) is 6.07 Å². The molecule has 1 heterocycles. The molecule has 1 fully saturated rings. The maximum Gasteiger partial charge on any atom is 0.225 e. The molecule has 3 nitrogen and oxygen atoms in total. The molecule has 2 rings (SSSR count). The number of nitrogens with one attached hydrogen (secondary N) is 1. The topological polar surface area (TPSA) is 38.3 Å². The number of amides is 1. The number of hydrogen-bond donors (Lipinski definition) is 1. The van der Waals surface area contributed by atoms with Crippen molar-refractivity contribution in [1.82, 2.24) is 5.32 Å². The lowest BCUT2D eigenvalue weighted by Gasteiger charge is -2.38. The fraction of sp³-hybridized carbons (Fsp3) is 0.588. The second-order valence-electron chi connectivity index (χ2n) is 6.84. The SMILES string of the molecule is CC(C)(C)C(=O)NCC1(c2cccc(F)c2)CCOCC1. The van der Waals surface area contributed by atoms with Crippen molar-refractivity contribution >= 4 is 5.91 Å². The van der Waals surface area contributed by atoms with Gasteiger partial charge in [0.2, 0.25) is 5.91 Å². The Balaban J connectivity index is 2.20. The molecule has 0 aliphatic carbocycles. The van der Waals surface area contributed by atoms with Crippen LogP contribution in [-0.4, -0.2) is 25.7 Å². The summed E-state index contributed by atoms with van der Waals surface area (Å²) >= 11 is 0. The molecule has 1 aliphatic rings. The van der Waals surface area contributed by atoms with Crippen molar-refractivity contribution in [1.29, 1.82) is 0 Å². The molecule has 1 N–H and O–H groups in total. The molecule has 4 heteroatoms. The average molecular weight is 293 g/mol. The first kappa shape index (κ1) is 16.0. The van der Waals surface area contributed by atoms with Crippen LogP contribution in [0.15, 0.2) is 24.3 Å². The summed E-state index contributed by atoms with van der Waals surface area (Å²) < 4.78 is 19.0. The molecule has 0 bridgehead atoms. The minimum Gasteiger partial charge on any atom is -0.381 e. The predicted octanol–water partition coefficient (Wildman–Crippen LogP) is 3.04. The molecule has 1 amide bonds. The van der Waals surface area contributed by atoms with Crippen LogP contribution >= 0.6 is 0 Å². The molecular formula is C17H24FNO2. The highest BCUT2D eigenvalue weighted by Crippen LogP contribution is 2.34. The van der Waals surface area contributed by atoms with Crippen molar-refractivity contribution < 1.29 is 13.9 Å². The molecule has 0 atom stereocenters.